The molecule has 3 heterocycles. The third kappa shape index (κ3) is 4.02. The van der Waals surface area contributed by atoms with Crippen molar-refractivity contribution in [2.24, 2.45) is 0 Å². The van der Waals surface area contributed by atoms with E-state index < -0.39 is 6.55 Å². The predicted molar refractivity (Wildman–Crippen MR) is 94.7 cm³/mol. The van der Waals surface area contributed by atoms with Gasteiger partial charge in [0.1, 0.15) is 0 Å². The lowest BCUT2D eigenvalue weighted by Gasteiger charge is -2.34. The summed E-state index contributed by atoms with van der Waals surface area (Å²) < 4.78 is 25.4. The standard InChI is InChI=1S/C19H24F2N4O2/c20-19(21)24-7-5-23(6-8-24)10-13-1-2-14-11-25(12-15(14)9-13)16-3-4-17(26)22-18(16)27/h1-2,9,16,19H,3-8,10-12H2,(H,22,26,27). The Hall–Kier alpha value is -1.90. The van der Waals surface area contributed by atoms with E-state index >= 15 is 0 Å². The van der Waals surface area contributed by atoms with E-state index in [1.807, 2.05) is 0 Å². The number of alkyl halides is 2. The molecule has 1 N–H and O–H groups in total. The Balaban J connectivity index is 1.36. The van der Waals surface area contributed by atoms with Crippen LogP contribution >= 0.6 is 0 Å². The van der Waals surface area contributed by atoms with Gasteiger partial charge in [0.05, 0.1) is 6.04 Å². The number of fused-ring (bicyclic) bond motifs is 1. The highest BCUT2D eigenvalue weighted by Crippen LogP contribution is 2.28. The van der Waals surface area contributed by atoms with E-state index in [4.69, 9.17) is 0 Å². The van der Waals surface area contributed by atoms with Crippen LogP contribution < -0.4 is 5.32 Å². The average Bonchev–Trinajstić information content (AvgIpc) is 3.05. The van der Waals surface area contributed by atoms with Gasteiger partial charge >= 0.3 is 0 Å². The monoisotopic (exact) mass is 378 g/mol. The SMILES string of the molecule is O=C1CCC(N2Cc3ccc(CN4CCN(C(F)F)CC4)cc3C2)C(=O)N1. The molecule has 0 aromatic heterocycles. The zero-order chi connectivity index (χ0) is 19.0. The lowest BCUT2D eigenvalue weighted by molar-refractivity contribution is -0.137. The van der Waals surface area contributed by atoms with Gasteiger partial charge in [-0.15, -0.1) is 0 Å². The molecule has 0 aliphatic carbocycles. The number of hydrogen-bond donors (Lipinski definition) is 1. The van der Waals surface area contributed by atoms with Crippen LogP contribution in [0.1, 0.15) is 29.5 Å². The molecule has 1 aromatic rings. The molecule has 8 heteroatoms. The van der Waals surface area contributed by atoms with Crippen molar-refractivity contribution in [2.75, 3.05) is 26.2 Å². The van der Waals surface area contributed by atoms with Gasteiger partial charge in [-0.25, -0.2) is 4.90 Å². The highest BCUT2D eigenvalue weighted by Gasteiger charge is 2.34. The molecule has 0 saturated carbocycles. The van der Waals surface area contributed by atoms with Crippen LogP contribution in [-0.2, 0) is 29.2 Å². The van der Waals surface area contributed by atoms with Crippen LogP contribution in [0.5, 0.6) is 0 Å². The van der Waals surface area contributed by atoms with Gasteiger partial charge in [-0.05, 0) is 23.1 Å². The third-order valence-electron chi connectivity index (χ3n) is 5.76. The summed E-state index contributed by atoms with van der Waals surface area (Å²) in [5, 5.41) is 2.43. The Morgan fingerprint density at radius 2 is 1.81 bits per heavy atom. The molecule has 4 rings (SSSR count). The van der Waals surface area contributed by atoms with Gasteiger partial charge in [0.2, 0.25) is 11.8 Å². The maximum atomic E-state index is 12.7. The molecular weight excluding hydrogens is 354 g/mol. The van der Waals surface area contributed by atoms with Crippen molar-refractivity contribution < 1.29 is 18.4 Å². The Morgan fingerprint density at radius 3 is 2.52 bits per heavy atom. The quantitative estimate of drug-likeness (QED) is 0.629. The van der Waals surface area contributed by atoms with Gasteiger partial charge in [-0.1, -0.05) is 18.2 Å². The number of halogens is 2. The van der Waals surface area contributed by atoms with Gasteiger partial charge in [0, 0.05) is 52.2 Å². The molecule has 2 saturated heterocycles. The summed E-state index contributed by atoms with van der Waals surface area (Å²) in [7, 11) is 0. The van der Waals surface area contributed by atoms with E-state index in [-0.39, 0.29) is 17.9 Å². The molecule has 0 bridgehead atoms. The molecule has 2 amide bonds. The predicted octanol–water partition coefficient (Wildman–Crippen LogP) is 1.15. The Morgan fingerprint density at radius 1 is 1.07 bits per heavy atom. The highest BCUT2D eigenvalue weighted by molar-refractivity contribution is 6.00. The first-order valence-corrected chi connectivity index (χ1v) is 9.42. The van der Waals surface area contributed by atoms with E-state index in [1.54, 1.807) is 0 Å². The molecule has 1 unspecified atom stereocenters. The van der Waals surface area contributed by atoms with Crippen LogP contribution in [0.25, 0.3) is 0 Å². The normalized spacial score (nSPS) is 25.1. The second-order valence-electron chi connectivity index (χ2n) is 7.56. The topological polar surface area (TPSA) is 55.9 Å². The van der Waals surface area contributed by atoms with E-state index in [9.17, 15) is 18.4 Å². The van der Waals surface area contributed by atoms with E-state index in [0.29, 0.717) is 45.6 Å². The maximum Gasteiger partial charge on any atom is 0.294 e. The van der Waals surface area contributed by atoms with Crippen LogP contribution in [0.3, 0.4) is 0 Å². The van der Waals surface area contributed by atoms with Crippen molar-refractivity contribution in [3.8, 4) is 0 Å². The maximum absolute atomic E-state index is 12.7. The average molecular weight is 378 g/mol. The number of carbonyl (C=O) groups is 2. The van der Waals surface area contributed by atoms with Crippen LogP contribution in [-0.4, -0.2) is 65.3 Å². The van der Waals surface area contributed by atoms with Crippen molar-refractivity contribution in [1.29, 1.82) is 0 Å². The van der Waals surface area contributed by atoms with E-state index in [2.05, 4.69) is 33.3 Å². The fourth-order valence-corrected chi connectivity index (χ4v) is 4.20. The van der Waals surface area contributed by atoms with Gasteiger partial charge in [0.15, 0.2) is 0 Å². The zero-order valence-corrected chi connectivity index (χ0v) is 15.2. The van der Waals surface area contributed by atoms with Crippen molar-refractivity contribution in [3.05, 3.63) is 34.9 Å². The number of piperazine rings is 1. The number of imide groups is 1. The highest BCUT2D eigenvalue weighted by atomic mass is 19.3. The minimum Gasteiger partial charge on any atom is -0.297 e. The lowest BCUT2D eigenvalue weighted by atomic mass is 10.0. The summed E-state index contributed by atoms with van der Waals surface area (Å²) in [6.45, 7) is 1.88. The molecule has 0 spiro atoms. The van der Waals surface area contributed by atoms with Crippen LogP contribution in [0, 0.1) is 0 Å². The van der Waals surface area contributed by atoms with Crippen molar-refractivity contribution in [2.45, 2.75) is 45.1 Å². The van der Waals surface area contributed by atoms with Gasteiger partial charge in [-0.2, -0.15) is 8.78 Å². The van der Waals surface area contributed by atoms with Crippen LogP contribution in [0.4, 0.5) is 8.78 Å². The number of hydrogen-bond acceptors (Lipinski definition) is 5. The van der Waals surface area contributed by atoms with Crippen molar-refractivity contribution in [3.63, 3.8) is 0 Å². The molecule has 146 valence electrons. The number of nitrogens with one attached hydrogen (secondary N) is 1. The first kappa shape index (κ1) is 18.5. The van der Waals surface area contributed by atoms with Crippen LogP contribution in [0.2, 0.25) is 0 Å². The van der Waals surface area contributed by atoms with Gasteiger partial charge < -0.3 is 0 Å². The summed E-state index contributed by atoms with van der Waals surface area (Å²) in [5.41, 5.74) is 3.60. The third-order valence-corrected chi connectivity index (χ3v) is 5.76. The summed E-state index contributed by atoms with van der Waals surface area (Å²) in [6.07, 6.45) is 0.957. The van der Waals surface area contributed by atoms with E-state index in [1.165, 1.54) is 21.6 Å². The summed E-state index contributed by atoms with van der Waals surface area (Å²) in [6, 6.07) is 6.11. The van der Waals surface area contributed by atoms with Crippen molar-refractivity contribution in [1.82, 2.24) is 20.0 Å². The molecule has 1 aromatic carbocycles. The number of rotatable bonds is 4. The number of nitrogens with zero attached hydrogens (tertiary/aromatic N) is 3. The molecule has 3 aliphatic heterocycles. The first-order valence-electron chi connectivity index (χ1n) is 9.42. The first-order chi connectivity index (χ1) is 13.0. The number of carbonyl (C=O) groups excluding carboxylic acids is 2. The summed E-state index contributed by atoms with van der Waals surface area (Å²) in [4.78, 5) is 29.0. The number of benzene rings is 1. The molecule has 6 nitrogen and oxygen atoms in total. The summed E-state index contributed by atoms with van der Waals surface area (Å²) in [5.74, 6) is -0.390. The number of amides is 2. The lowest BCUT2D eigenvalue weighted by Crippen LogP contribution is -2.50. The molecule has 3 aliphatic rings. The Kier molecular flexibility index (Phi) is 5.21. The largest absolute Gasteiger partial charge is 0.297 e. The molecule has 0 radical (unpaired) electrons. The van der Waals surface area contributed by atoms with Gasteiger partial charge in [-0.3, -0.25) is 24.7 Å². The zero-order valence-electron chi connectivity index (χ0n) is 15.2. The van der Waals surface area contributed by atoms with Crippen LogP contribution in [0.15, 0.2) is 18.2 Å². The minimum absolute atomic E-state index is 0.192. The Bertz CT molecular complexity index is 734. The number of piperidine rings is 1. The Labute approximate surface area is 157 Å². The second-order valence-corrected chi connectivity index (χ2v) is 7.56. The van der Waals surface area contributed by atoms with Crippen molar-refractivity contribution >= 4 is 11.8 Å². The fourth-order valence-electron chi connectivity index (χ4n) is 4.20. The van der Waals surface area contributed by atoms with Gasteiger partial charge in [0.25, 0.3) is 6.55 Å². The van der Waals surface area contributed by atoms with E-state index in [0.717, 1.165) is 13.1 Å². The smallest absolute Gasteiger partial charge is 0.294 e. The molecule has 27 heavy (non-hydrogen) atoms. The molecule has 1 atom stereocenters. The molecule has 2 fully saturated rings. The summed E-state index contributed by atoms with van der Waals surface area (Å²) >= 11 is 0. The fraction of sp³-hybridized carbons (Fsp3) is 0.579. The molecular formula is C19H24F2N4O2. The second kappa shape index (κ2) is 7.61. The minimum atomic E-state index is -2.37.